The Hall–Kier alpha value is -5.72. The number of hydrogen-bond acceptors (Lipinski definition) is 0. The SMILES string of the molecule is c1ccc(CCc2c3ccccc3cc3c2ccc2c(-c4c5ccccc5c(-c5ccccc5)c5ccccc45)cccc23)cc1. The molecule has 0 amide bonds. The lowest BCUT2D eigenvalue weighted by Crippen LogP contribution is -1.96. The summed E-state index contributed by atoms with van der Waals surface area (Å²) in [6.45, 7) is 0. The molecule has 0 aliphatic rings. The molecule has 216 valence electrons. The van der Waals surface area contributed by atoms with Crippen molar-refractivity contribution in [2.24, 2.45) is 0 Å². The van der Waals surface area contributed by atoms with Gasteiger partial charge in [-0.1, -0.05) is 164 Å². The first-order valence-corrected chi connectivity index (χ1v) is 16.2. The van der Waals surface area contributed by atoms with Crippen molar-refractivity contribution in [1.82, 2.24) is 0 Å². The molecule has 0 aliphatic heterocycles. The molecule has 0 heterocycles. The predicted octanol–water partition coefficient (Wildman–Crippen LogP) is 12.6. The van der Waals surface area contributed by atoms with Gasteiger partial charge in [-0.05, 0) is 106 Å². The topological polar surface area (TPSA) is 0 Å². The van der Waals surface area contributed by atoms with Crippen molar-refractivity contribution in [2.45, 2.75) is 12.8 Å². The molecule has 0 saturated carbocycles. The van der Waals surface area contributed by atoms with Crippen LogP contribution in [0.3, 0.4) is 0 Å². The monoisotopic (exact) mass is 584 g/mol. The van der Waals surface area contributed by atoms with Crippen LogP contribution < -0.4 is 0 Å². The summed E-state index contributed by atoms with van der Waals surface area (Å²) in [5.74, 6) is 0. The second-order valence-corrected chi connectivity index (χ2v) is 12.3. The van der Waals surface area contributed by atoms with E-state index >= 15 is 0 Å². The summed E-state index contributed by atoms with van der Waals surface area (Å²) < 4.78 is 0. The summed E-state index contributed by atoms with van der Waals surface area (Å²) in [5.41, 5.74) is 7.96. The molecular formula is C46H32. The van der Waals surface area contributed by atoms with Gasteiger partial charge in [0.25, 0.3) is 0 Å². The molecular weight excluding hydrogens is 553 g/mol. The highest BCUT2D eigenvalue weighted by Gasteiger charge is 2.19. The van der Waals surface area contributed by atoms with Crippen LogP contribution in [0.4, 0.5) is 0 Å². The molecule has 0 spiro atoms. The second-order valence-electron chi connectivity index (χ2n) is 12.3. The Kier molecular flexibility index (Phi) is 6.39. The Morgan fingerprint density at radius 1 is 0.304 bits per heavy atom. The number of hydrogen-bond donors (Lipinski definition) is 0. The molecule has 0 saturated heterocycles. The molecule has 0 radical (unpaired) electrons. The normalized spacial score (nSPS) is 11.7. The average Bonchev–Trinajstić information content (AvgIpc) is 3.13. The fraction of sp³-hybridized carbons (Fsp3) is 0.0435. The van der Waals surface area contributed by atoms with Crippen LogP contribution >= 0.6 is 0 Å². The van der Waals surface area contributed by atoms with Gasteiger partial charge in [0.15, 0.2) is 0 Å². The van der Waals surface area contributed by atoms with E-state index in [1.54, 1.807) is 0 Å². The molecule has 0 aromatic heterocycles. The van der Waals surface area contributed by atoms with E-state index in [1.807, 2.05) is 0 Å². The van der Waals surface area contributed by atoms with Crippen molar-refractivity contribution in [2.75, 3.05) is 0 Å². The number of aryl methyl sites for hydroxylation is 2. The van der Waals surface area contributed by atoms with Crippen molar-refractivity contribution in [3.63, 3.8) is 0 Å². The summed E-state index contributed by atoms with van der Waals surface area (Å²) in [5, 5.41) is 13.1. The smallest absolute Gasteiger partial charge is 0.00201 e. The minimum absolute atomic E-state index is 1.00. The molecule has 0 aliphatic carbocycles. The van der Waals surface area contributed by atoms with Crippen molar-refractivity contribution in [1.29, 1.82) is 0 Å². The lowest BCUT2D eigenvalue weighted by Gasteiger charge is -2.19. The third kappa shape index (κ3) is 4.30. The summed E-state index contributed by atoms with van der Waals surface area (Å²) in [6.07, 6.45) is 2.02. The minimum Gasteiger partial charge on any atom is -0.0622 e. The van der Waals surface area contributed by atoms with E-state index in [0.29, 0.717) is 0 Å². The maximum Gasteiger partial charge on any atom is -0.00201 e. The van der Waals surface area contributed by atoms with Crippen molar-refractivity contribution in [3.8, 4) is 22.3 Å². The molecule has 0 nitrogen and oxygen atoms in total. The Balaban J connectivity index is 1.33. The number of fused-ring (bicyclic) bond motifs is 6. The molecule has 0 unspecified atom stereocenters. The Morgan fingerprint density at radius 3 is 1.54 bits per heavy atom. The lowest BCUT2D eigenvalue weighted by molar-refractivity contribution is 0.977. The van der Waals surface area contributed by atoms with Gasteiger partial charge in [0.1, 0.15) is 0 Å². The molecule has 9 aromatic carbocycles. The van der Waals surface area contributed by atoms with E-state index in [1.165, 1.54) is 87.2 Å². The fourth-order valence-electron chi connectivity index (χ4n) is 7.73. The second kappa shape index (κ2) is 11.0. The van der Waals surface area contributed by atoms with Gasteiger partial charge < -0.3 is 0 Å². The summed E-state index contributed by atoms with van der Waals surface area (Å²) in [6, 6.07) is 62.6. The van der Waals surface area contributed by atoms with Gasteiger partial charge in [0.05, 0.1) is 0 Å². The van der Waals surface area contributed by atoms with Gasteiger partial charge in [0.2, 0.25) is 0 Å². The highest BCUT2D eigenvalue weighted by atomic mass is 14.2. The van der Waals surface area contributed by atoms with Gasteiger partial charge in [-0.3, -0.25) is 0 Å². The van der Waals surface area contributed by atoms with Crippen LogP contribution in [0.5, 0.6) is 0 Å². The summed E-state index contributed by atoms with van der Waals surface area (Å²) in [4.78, 5) is 0. The van der Waals surface area contributed by atoms with Gasteiger partial charge in [-0.25, -0.2) is 0 Å². The van der Waals surface area contributed by atoms with E-state index < -0.39 is 0 Å². The van der Waals surface area contributed by atoms with E-state index in [4.69, 9.17) is 0 Å². The van der Waals surface area contributed by atoms with Crippen LogP contribution in [-0.4, -0.2) is 0 Å². The van der Waals surface area contributed by atoms with Gasteiger partial charge >= 0.3 is 0 Å². The van der Waals surface area contributed by atoms with E-state index in [0.717, 1.165) is 12.8 Å². The van der Waals surface area contributed by atoms with Crippen molar-refractivity contribution in [3.05, 3.63) is 181 Å². The molecule has 0 fully saturated rings. The molecule has 0 atom stereocenters. The van der Waals surface area contributed by atoms with E-state index in [-0.39, 0.29) is 0 Å². The zero-order valence-electron chi connectivity index (χ0n) is 25.6. The number of benzene rings is 9. The lowest BCUT2D eigenvalue weighted by atomic mass is 9.84. The maximum atomic E-state index is 2.41. The highest BCUT2D eigenvalue weighted by Crippen LogP contribution is 2.46. The third-order valence-electron chi connectivity index (χ3n) is 9.78. The summed E-state index contributed by atoms with van der Waals surface area (Å²) in [7, 11) is 0. The maximum absolute atomic E-state index is 2.41. The van der Waals surface area contributed by atoms with Crippen molar-refractivity contribution >= 4 is 53.9 Å². The molecule has 9 aromatic rings. The zero-order chi connectivity index (χ0) is 30.5. The van der Waals surface area contributed by atoms with Crippen LogP contribution in [0.25, 0.3) is 76.1 Å². The molecule has 0 N–H and O–H groups in total. The van der Waals surface area contributed by atoms with Crippen LogP contribution in [0.2, 0.25) is 0 Å². The van der Waals surface area contributed by atoms with E-state index in [9.17, 15) is 0 Å². The van der Waals surface area contributed by atoms with Gasteiger partial charge in [-0.15, -0.1) is 0 Å². The largest absolute Gasteiger partial charge is 0.0622 e. The predicted molar refractivity (Wildman–Crippen MR) is 199 cm³/mol. The Labute approximate surface area is 269 Å². The third-order valence-corrected chi connectivity index (χ3v) is 9.78. The van der Waals surface area contributed by atoms with Crippen LogP contribution in [0, 0.1) is 0 Å². The standard InChI is InChI=1S/C46H32/c1-3-14-31(15-4-1)26-27-36-34-19-8-7-18-33(34)30-44-35-24-13-25-39(37(35)28-29-38(36)44)46-42-22-11-9-20-40(42)45(32-16-5-2-6-17-32)41-21-10-12-23-43(41)46/h1-25,28-30H,26-27H2. The first kappa shape index (κ1) is 26.7. The molecule has 0 heteroatoms. The molecule has 0 bridgehead atoms. The Morgan fingerprint density at radius 2 is 0.848 bits per heavy atom. The summed E-state index contributed by atoms with van der Waals surface area (Å²) >= 11 is 0. The highest BCUT2D eigenvalue weighted by molar-refractivity contribution is 6.25. The van der Waals surface area contributed by atoms with Crippen molar-refractivity contribution < 1.29 is 0 Å². The first-order chi connectivity index (χ1) is 22.8. The van der Waals surface area contributed by atoms with Crippen LogP contribution in [-0.2, 0) is 12.8 Å². The first-order valence-electron chi connectivity index (χ1n) is 16.2. The quantitative estimate of drug-likeness (QED) is 0.139. The Bertz CT molecular complexity index is 2500. The van der Waals surface area contributed by atoms with E-state index in [2.05, 4.69) is 170 Å². The molecule has 46 heavy (non-hydrogen) atoms. The van der Waals surface area contributed by atoms with Crippen LogP contribution in [0.15, 0.2) is 170 Å². The fourth-order valence-corrected chi connectivity index (χ4v) is 7.73. The zero-order valence-corrected chi connectivity index (χ0v) is 25.6. The minimum atomic E-state index is 1.00. The average molecular weight is 585 g/mol. The number of rotatable bonds is 5. The van der Waals surface area contributed by atoms with Gasteiger partial charge in [0, 0.05) is 0 Å². The van der Waals surface area contributed by atoms with Crippen LogP contribution in [0.1, 0.15) is 11.1 Å². The van der Waals surface area contributed by atoms with Gasteiger partial charge in [-0.2, -0.15) is 0 Å². The molecule has 9 rings (SSSR count).